The van der Waals surface area contributed by atoms with Crippen LogP contribution in [-0.4, -0.2) is 22.0 Å². The molecule has 0 heterocycles. The Hall–Kier alpha value is 1.40. The second kappa shape index (κ2) is 16.8. The zero-order valence-electron chi connectivity index (χ0n) is 12.8. The van der Waals surface area contributed by atoms with E-state index in [0.717, 1.165) is 11.5 Å². The predicted octanol–water partition coefficient (Wildman–Crippen LogP) is 6.12. The molecule has 1 rings (SSSR count). The van der Waals surface area contributed by atoms with Gasteiger partial charge < -0.3 is 0 Å². The molecular weight excluding hydrogens is 320 g/mol. The average molecular weight is 355 g/mol. The van der Waals surface area contributed by atoms with Gasteiger partial charge in [0.2, 0.25) is 0 Å². The minimum atomic E-state index is 0.545. The molecule has 0 spiro atoms. The quantitative estimate of drug-likeness (QED) is 0.307. The van der Waals surface area contributed by atoms with Crippen LogP contribution in [0.25, 0.3) is 0 Å². The van der Waals surface area contributed by atoms with E-state index < -0.39 is 0 Å². The summed E-state index contributed by atoms with van der Waals surface area (Å²) >= 11 is 17.3. The summed E-state index contributed by atoms with van der Waals surface area (Å²) in [6.45, 7) is 0. The number of rotatable bonds is 7. The number of unbranched alkanes of at least 4 members (excludes halogenated alkanes) is 5. The van der Waals surface area contributed by atoms with E-state index in [0.29, 0.717) is 10.5 Å². The molecule has 0 aliphatic heterocycles. The first-order chi connectivity index (χ1) is 9.72. The summed E-state index contributed by atoms with van der Waals surface area (Å²) in [5.41, 5.74) is 0. The van der Waals surface area contributed by atoms with E-state index in [1.54, 1.807) is 0 Å². The smallest absolute Gasteiger partial charge is 0.0133 e. The average Bonchev–Trinajstić information content (AvgIpc) is 2.45. The summed E-state index contributed by atoms with van der Waals surface area (Å²) in [6.07, 6.45) is 16.1. The Labute approximate surface area is 149 Å². The van der Waals surface area contributed by atoms with Crippen molar-refractivity contribution >= 4 is 50.5 Å². The summed E-state index contributed by atoms with van der Waals surface area (Å²) in [5.74, 6) is 2.10. The van der Waals surface area contributed by atoms with Crippen LogP contribution < -0.4 is 0 Å². The lowest BCUT2D eigenvalue weighted by atomic mass is 10.0. The van der Waals surface area contributed by atoms with Crippen LogP contribution in [0.3, 0.4) is 0 Å². The first-order valence-corrected chi connectivity index (χ1v) is 10.6. The van der Waals surface area contributed by atoms with Crippen LogP contribution in [0.2, 0.25) is 0 Å². The highest BCUT2D eigenvalue weighted by Crippen LogP contribution is 2.24. The first-order valence-electron chi connectivity index (χ1n) is 8.30. The monoisotopic (exact) mass is 354 g/mol. The first kappa shape index (κ1) is 21.4. The van der Waals surface area contributed by atoms with E-state index in [-0.39, 0.29) is 0 Å². The molecule has 1 aliphatic carbocycles. The van der Waals surface area contributed by atoms with Gasteiger partial charge in [-0.2, -0.15) is 50.5 Å². The summed E-state index contributed by atoms with van der Waals surface area (Å²) in [6, 6.07) is 0. The third-order valence-electron chi connectivity index (χ3n) is 3.76. The Bertz CT molecular complexity index is 167. The van der Waals surface area contributed by atoms with E-state index >= 15 is 0 Å². The van der Waals surface area contributed by atoms with E-state index in [1.807, 2.05) is 0 Å². The molecule has 1 saturated carbocycles. The van der Waals surface area contributed by atoms with Crippen molar-refractivity contribution in [2.24, 2.45) is 0 Å². The zero-order valence-corrected chi connectivity index (χ0v) is 16.4. The van der Waals surface area contributed by atoms with Gasteiger partial charge in [-0.05, 0) is 37.2 Å². The molecule has 122 valence electrons. The molecule has 0 nitrogen and oxygen atoms in total. The van der Waals surface area contributed by atoms with Gasteiger partial charge in [0.25, 0.3) is 0 Å². The van der Waals surface area contributed by atoms with Gasteiger partial charge in [0.15, 0.2) is 0 Å². The Balaban J connectivity index is 0.000000361. The largest absolute Gasteiger partial charge is 0.179 e. The van der Waals surface area contributed by atoms with E-state index in [1.165, 1.54) is 77.0 Å². The summed E-state index contributed by atoms with van der Waals surface area (Å²) in [5, 5.41) is 1.09. The normalized spacial score (nSPS) is 23.4. The molecule has 2 atom stereocenters. The van der Waals surface area contributed by atoms with Gasteiger partial charge in [0.1, 0.15) is 0 Å². The second-order valence-corrected chi connectivity index (χ2v) is 7.92. The van der Waals surface area contributed by atoms with Crippen LogP contribution in [0.1, 0.15) is 77.0 Å². The molecule has 0 N–H and O–H groups in total. The molecule has 0 aromatic heterocycles. The van der Waals surface area contributed by atoms with Crippen molar-refractivity contribution in [2.75, 3.05) is 11.5 Å². The Morgan fingerprint density at radius 3 is 1.25 bits per heavy atom. The molecule has 0 aromatic carbocycles. The molecule has 1 fully saturated rings. The van der Waals surface area contributed by atoms with Gasteiger partial charge in [0.05, 0.1) is 0 Å². The third-order valence-corrected chi connectivity index (χ3v) is 5.86. The number of thiol groups is 4. The van der Waals surface area contributed by atoms with Crippen molar-refractivity contribution < 1.29 is 0 Å². The van der Waals surface area contributed by atoms with Crippen molar-refractivity contribution in [3.63, 3.8) is 0 Å². The van der Waals surface area contributed by atoms with Gasteiger partial charge in [-0.25, -0.2) is 0 Å². The molecular formula is C16H34S4. The van der Waals surface area contributed by atoms with Crippen molar-refractivity contribution in [2.45, 2.75) is 87.5 Å². The lowest BCUT2D eigenvalue weighted by Gasteiger charge is -2.20. The van der Waals surface area contributed by atoms with Crippen LogP contribution in [0.5, 0.6) is 0 Å². The third kappa shape index (κ3) is 14.3. The second-order valence-electron chi connectivity index (χ2n) is 5.69. The van der Waals surface area contributed by atoms with Gasteiger partial charge >= 0.3 is 0 Å². The van der Waals surface area contributed by atoms with Crippen molar-refractivity contribution in [3.8, 4) is 0 Å². The standard InChI is InChI=1S/C8H16S2.C8H18S2/c9-7-5-3-1-2-4-6-8(7)10;9-7-5-3-1-2-4-6-8-10/h7-10H,1-6H2;9-10H,1-8H2. The molecule has 0 radical (unpaired) electrons. The molecule has 1 aliphatic rings. The summed E-state index contributed by atoms with van der Waals surface area (Å²) in [4.78, 5) is 0. The Morgan fingerprint density at radius 1 is 0.550 bits per heavy atom. The van der Waals surface area contributed by atoms with Crippen molar-refractivity contribution in [3.05, 3.63) is 0 Å². The maximum absolute atomic E-state index is 4.50. The Morgan fingerprint density at radius 2 is 0.900 bits per heavy atom. The maximum atomic E-state index is 4.50. The molecule has 2 unspecified atom stereocenters. The summed E-state index contributed by atoms with van der Waals surface area (Å²) in [7, 11) is 0. The van der Waals surface area contributed by atoms with Crippen LogP contribution in [-0.2, 0) is 0 Å². The molecule has 4 heteroatoms. The molecule has 0 bridgehead atoms. The molecule has 0 amide bonds. The van der Waals surface area contributed by atoms with Crippen molar-refractivity contribution in [1.29, 1.82) is 0 Å². The fraction of sp³-hybridized carbons (Fsp3) is 1.00. The minimum Gasteiger partial charge on any atom is -0.179 e. The fourth-order valence-electron chi connectivity index (χ4n) is 2.38. The predicted molar refractivity (Wildman–Crippen MR) is 109 cm³/mol. The van der Waals surface area contributed by atoms with Gasteiger partial charge in [0, 0.05) is 10.5 Å². The van der Waals surface area contributed by atoms with Crippen LogP contribution in [0, 0.1) is 0 Å². The summed E-state index contributed by atoms with van der Waals surface area (Å²) < 4.78 is 0. The minimum absolute atomic E-state index is 0.545. The Kier molecular flexibility index (Phi) is 17.9. The highest BCUT2D eigenvalue weighted by molar-refractivity contribution is 7.85. The van der Waals surface area contributed by atoms with E-state index in [2.05, 4.69) is 50.5 Å². The van der Waals surface area contributed by atoms with Crippen LogP contribution >= 0.6 is 50.5 Å². The fourth-order valence-corrected chi connectivity index (χ4v) is 3.49. The SMILES string of the molecule is SC1CCCCCCC1S.SCCCCCCCCS. The number of hydrogen-bond donors (Lipinski definition) is 4. The maximum Gasteiger partial charge on any atom is 0.0133 e. The van der Waals surface area contributed by atoms with Crippen LogP contribution in [0.15, 0.2) is 0 Å². The topological polar surface area (TPSA) is 0 Å². The van der Waals surface area contributed by atoms with Crippen molar-refractivity contribution in [1.82, 2.24) is 0 Å². The van der Waals surface area contributed by atoms with E-state index in [9.17, 15) is 0 Å². The van der Waals surface area contributed by atoms with Gasteiger partial charge in [-0.3, -0.25) is 0 Å². The van der Waals surface area contributed by atoms with Crippen LogP contribution in [0.4, 0.5) is 0 Å². The molecule has 0 saturated heterocycles. The lowest BCUT2D eigenvalue weighted by Crippen LogP contribution is -2.16. The number of hydrogen-bond acceptors (Lipinski definition) is 4. The zero-order chi connectivity index (χ0) is 15.1. The van der Waals surface area contributed by atoms with Gasteiger partial charge in [-0.1, -0.05) is 51.4 Å². The van der Waals surface area contributed by atoms with E-state index in [4.69, 9.17) is 0 Å². The highest BCUT2D eigenvalue weighted by Gasteiger charge is 2.15. The molecule has 0 aromatic rings. The van der Waals surface area contributed by atoms with Gasteiger partial charge in [-0.15, -0.1) is 0 Å². The molecule has 20 heavy (non-hydrogen) atoms. The lowest BCUT2D eigenvalue weighted by molar-refractivity contribution is 0.524. The highest BCUT2D eigenvalue weighted by atomic mass is 32.1.